The Balaban J connectivity index is 2.17. The first-order valence-electron chi connectivity index (χ1n) is 5.73. The molecule has 0 saturated carbocycles. The molecule has 1 N–H and O–H groups in total. The zero-order valence-electron chi connectivity index (χ0n) is 10.2. The lowest BCUT2D eigenvalue weighted by molar-refractivity contribution is 0.662. The molecule has 7 heteroatoms. The maximum Gasteiger partial charge on any atom is 0.329 e. The Labute approximate surface area is 107 Å². The number of hydrogen-bond donors (Lipinski definition) is 1. The minimum absolute atomic E-state index is 0.165. The van der Waals surface area contributed by atoms with Gasteiger partial charge in [-0.25, -0.2) is 9.48 Å². The van der Waals surface area contributed by atoms with Crippen molar-refractivity contribution in [2.45, 2.75) is 6.54 Å². The first-order chi connectivity index (χ1) is 9.16. The second kappa shape index (κ2) is 4.20. The van der Waals surface area contributed by atoms with Crippen LogP contribution in [0.1, 0.15) is 5.56 Å². The maximum atomic E-state index is 11.8. The van der Waals surface area contributed by atoms with Crippen molar-refractivity contribution in [3.63, 3.8) is 0 Å². The summed E-state index contributed by atoms with van der Waals surface area (Å²) in [7, 11) is 1.40. The van der Waals surface area contributed by atoms with Crippen molar-refractivity contribution in [2.75, 3.05) is 0 Å². The molecule has 0 aliphatic carbocycles. The highest BCUT2D eigenvalue weighted by atomic mass is 16.2. The first kappa shape index (κ1) is 11.4. The average Bonchev–Trinajstić information content (AvgIpc) is 2.81. The highest BCUT2D eigenvalue weighted by molar-refractivity contribution is 5.67. The number of aromatic nitrogens is 5. The summed E-state index contributed by atoms with van der Waals surface area (Å²) in [6, 6.07) is 9.62. The van der Waals surface area contributed by atoms with Gasteiger partial charge in [-0.2, -0.15) is 0 Å². The lowest BCUT2D eigenvalue weighted by atomic mass is 10.2. The first-order valence-corrected chi connectivity index (χ1v) is 5.73. The van der Waals surface area contributed by atoms with Crippen LogP contribution in [0.2, 0.25) is 0 Å². The van der Waals surface area contributed by atoms with E-state index in [1.165, 1.54) is 11.7 Å². The molecule has 2 heterocycles. The van der Waals surface area contributed by atoms with Crippen molar-refractivity contribution >= 4 is 11.2 Å². The van der Waals surface area contributed by atoms with Crippen LogP contribution in [0.4, 0.5) is 0 Å². The second-order valence-corrected chi connectivity index (χ2v) is 4.22. The lowest BCUT2D eigenvalue weighted by Gasteiger charge is -2.02. The molecule has 0 aliphatic rings. The minimum atomic E-state index is -0.478. The number of H-pyrrole nitrogens is 1. The van der Waals surface area contributed by atoms with Gasteiger partial charge in [-0.3, -0.25) is 14.3 Å². The average molecular weight is 257 g/mol. The van der Waals surface area contributed by atoms with Crippen LogP contribution in [0.3, 0.4) is 0 Å². The molecule has 3 aromatic rings. The Morgan fingerprint density at radius 3 is 2.68 bits per heavy atom. The van der Waals surface area contributed by atoms with E-state index in [0.717, 1.165) is 10.1 Å². The summed E-state index contributed by atoms with van der Waals surface area (Å²) in [6.45, 7) is 0.445. The SMILES string of the molecule is Cn1c(=O)[nH]c2c(nnn2Cc2ccccc2)c1=O. The number of hydrogen-bond acceptors (Lipinski definition) is 4. The smallest absolute Gasteiger partial charge is 0.290 e. The van der Waals surface area contributed by atoms with Gasteiger partial charge in [-0.1, -0.05) is 35.5 Å². The molecule has 96 valence electrons. The Bertz CT molecular complexity index is 844. The zero-order valence-corrected chi connectivity index (χ0v) is 10.2. The zero-order chi connectivity index (χ0) is 13.4. The topological polar surface area (TPSA) is 85.6 Å². The van der Waals surface area contributed by atoms with Crippen molar-refractivity contribution < 1.29 is 0 Å². The largest absolute Gasteiger partial charge is 0.329 e. The third kappa shape index (κ3) is 1.85. The van der Waals surface area contributed by atoms with Crippen LogP contribution >= 0.6 is 0 Å². The molecule has 3 rings (SSSR count). The van der Waals surface area contributed by atoms with Gasteiger partial charge in [0.2, 0.25) is 0 Å². The van der Waals surface area contributed by atoms with Crippen molar-refractivity contribution in [1.82, 2.24) is 24.5 Å². The number of benzene rings is 1. The summed E-state index contributed by atoms with van der Waals surface area (Å²) in [6.07, 6.45) is 0. The number of fused-ring (bicyclic) bond motifs is 1. The summed E-state index contributed by atoms with van der Waals surface area (Å²) in [5.74, 6) is 0. The van der Waals surface area contributed by atoms with Crippen molar-refractivity contribution in [3.8, 4) is 0 Å². The summed E-state index contributed by atoms with van der Waals surface area (Å²) in [4.78, 5) is 26.0. The standard InChI is InChI=1S/C12H11N5O2/c1-16-11(18)9-10(13-12(16)19)17(15-14-9)7-8-5-3-2-4-6-8/h2-6H,7H2,1H3,(H,13,19). The fourth-order valence-corrected chi connectivity index (χ4v) is 1.88. The van der Waals surface area contributed by atoms with Crippen LogP contribution < -0.4 is 11.2 Å². The predicted octanol–water partition coefficient (Wildman–Crippen LogP) is -0.133. The Hall–Kier alpha value is -2.70. The second-order valence-electron chi connectivity index (χ2n) is 4.22. The highest BCUT2D eigenvalue weighted by Crippen LogP contribution is 2.05. The quantitative estimate of drug-likeness (QED) is 0.692. The molecule has 0 saturated heterocycles. The van der Waals surface area contributed by atoms with Crippen LogP contribution in [0.15, 0.2) is 39.9 Å². The van der Waals surface area contributed by atoms with Gasteiger partial charge in [0.25, 0.3) is 5.56 Å². The third-order valence-corrected chi connectivity index (χ3v) is 2.95. The van der Waals surface area contributed by atoms with Crippen LogP contribution in [0.5, 0.6) is 0 Å². The van der Waals surface area contributed by atoms with Gasteiger partial charge in [-0.15, -0.1) is 5.10 Å². The van der Waals surface area contributed by atoms with Crippen molar-refractivity contribution in [3.05, 3.63) is 56.7 Å². The number of rotatable bonds is 2. The molecule has 0 amide bonds. The lowest BCUT2D eigenvalue weighted by Crippen LogP contribution is -2.32. The Morgan fingerprint density at radius 1 is 1.21 bits per heavy atom. The fourth-order valence-electron chi connectivity index (χ4n) is 1.88. The molecule has 19 heavy (non-hydrogen) atoms. The minimum Gasteiger partial charge on any atom is -0.290 e. The summed E-state index contributed by atoms with van der Waals surface area (Å²) >= 11 is 0. The van der Waals surface area contributed by atoms with E-state index in [4.69, 9.17) is 0 Å². The van der Waals surface area contributed by atoms with E-state index in [9.17, 15) is 9.59 Å². The molecular formula is C12H11N5O2. The van der Waals surface area contributed by atoms with Gasteiger partial charge in [-0.05, 0) is 5.56 Å². The van der Waals surface area contributed by atoms with Gasteiger partial charge in [0.1, 0.15) is 0 Å². The van der Waals surface area contributed by atoms with Gasteiger partial charge >= 0.3 is 5.69 Å². The van der Waals surface area contributed by atoms with Gasteiger partial charge in [0, 0.05) is 7.05 Å². The van der Waals surface area contributed by atoms with Crippen LogP contribution in [-0.2, 0) is 13.6 Å². The summed E-state index contributed by atoms with van der Waals surface area (Å²) in [5.41, 5.74) is 0.595. The van der Waals surface area contributed by atoms with Crippen LogP contribution in [0.25, 0.3) is 11.2 Å². The molecule has 0 fully saturated rings. The number of nitrogens with one attached hydrogen (secondary N) is 1. The van der Waals surface area contributed by atoms with Gasteiger partial charge in [0.15, 0.2) is 11.2 Å². The van der Waals surface area contributed by atoms with E-state index in [2.05, 4.69) is 15.3 Å². The maximum absolute atomic E-state index is 11.8. The van der Waals surface area contributed by atoms with Crippen LogP contribution in [-0.4, -0.2) is 24.5 Å². The van der Waals surface area contributed by atoms with E-state index in [1.807, 2.05) is 30.3 Å². The van der Waals surface area contributed by atoms with E-state index < -0.39 is 11.2 Å². The van der Waals surface area contributed by atoms with Crippen LogP contribution in [0, 0.1) is 0 Å². The number of nitrogens with zero attached hydrogens (tertiary/aromatic N) is 4. The fraction of sp³-hybridized carbons (Fsp3) is 0.167. The van der Waals surface area contributed by atoms with E-state index in [0.29, 0.717) is 12.2 Å². The highest BCUT2D eigenvalue weighted by Gasteiger charge is 2.12. The number of aromatic amines is 1. The Morgan fingerprint density at radius 2 is 1.95 bits per heavy atom. The molecule has 0 radical (unpaired) electrons. The van der Waals surface area contributed by atoms with Gasteiger partial charge < -0.3 is 0 Å². The summed E-state index contributed by atoms with van der Waals surface area (Å²) in [5, 5.41) is 7.74. The van der Waals surface area contributed by atoms with Gasteiger partial charge in [0.05, 0.1) is 6.54 Å². The van der Waals surface area contributed by atoms with Crippen molar-refractivity contribution in [2.24, 2.45) is 7.05 Å². The van der Waals surface area contributed by atoms with E-state index >= 15 is 0 Å². The van der Waals surface area contributed by atoms with Crippen molar-refractivity contribution in [1.29, 1.82) is 0 Å². The molecule has 0 unspecified atom stereocenters. The molecule has 0 atom stereocenters. The molecule has 0 aliphatic heterocycles. The molecule has 0 spiro atoms. The molecule has 7 nitrogen and oxygen atoms in total. The molecule has 0 bridgehead atoms. The summed E-state index contributed by atoms with van der Waals surface area (Å²) < 4.78 is 2.48. The normalized spacial score (nSPS) is 11.0. The van der Waals surface area contributed by atoms with E-state index in [1.54, 1.807) is 0 Å². The monoisotopic (exact) mass is 257 g/mol. The predicted molar refractivity (Wildman–Crippen MR) is 68.9 cm³/mol. The van der Waals surface area contributed by atoms with E-state index in [-0.39, 0.29) is 5.52 Å². The molecule has 1 aromatic carbocycles. The Kier molecular flexibility index (Phi) is 2.52. The molecular weight excluding hydrogens is 246 g/mol. The third-order valence-electron chi connectivity index (χ3n) is 2.95. The molecule has 2 aromatic heterocycles.